The van der Waals surface area contributed by atoms with Crippen LogP contribution in [0.2, 0.25) is 0 Å². The Labute approximate surface area is 128 Å². The van der Waals surface area contributed by atoms with Crippen LogP contribution in [-0.4, -0.2) is 41.5 Å². The number of rotatable bonds is 4. The summed E-state index contributed by atoms with van der Waals surface area (Å²) in [5, 5.41) is 3.95. The number of carbonyl (C=O) groups is 1. The largest absolute Gasteiger partial charge is 0.397 e. The number of pyridine rings is 1. The van der Waals surface area contributed by atoms with Crippen molar-refractivity contribution >= 4 is 33.0 Å². The quantitative estimate of drug-likeness (QED) is 0.907. The fourth-order valence-electron chi connectivity index (χ4n) is 2.97. The van der Waals surface area contributed by atoms with Crippen LogP contribution in [0.3, 0.4) is 0 Å². The highest BCUT2D eigenvalue weighted by Gasteiger charge is 2.24. The molecule has 0 spiro atoms. The van der Waals surface area contributed by atoms with Gasteiger partial charge < -0.3 is 11.1 Å². The first-order chi connectivity index (χ1) is 10.2. The molecule has 0 aliphatic carbocycles. The van der Waals surface area contributed by atoms with E-state index in [-0.39, 0.29) is 5.91 Å². The first-order valence-electron chi connectivity index (χ1n) is 7.35. The highest BCUT2D eigenvalue weighted by molar-refractivity contribution is 7.21. The molecule has 5 nitrogen and oxygen atoms in total. The van der Waals surface area contributed by atoms with E-state index in [0.717, 1.165) is 29.6 Å². The Hall–Kier alpha value is -1.66. The van der Waals surface area contributed by atoms with Gasteiger partial charge in [0.05, 0.1) is 10.4 Å². The normalized spacial score (nSPS) is 19.2. The Morgan fingerprint density at radius 3 is 3.24 bits per heavy atom. The van der Waals surface area contributed by atoms with Crippen LogP contribution in [0.4, 0.5) is 5.69 Å². The van der Waals surface area contributed by atoms with Gasteiger partial charge in [-0.25, -0.2) is 0 Å². The number of nitrogens with two attached hydrogens (primary N) is 1. The van der Waals surface area contributed by atoms with E-state index in [1.807, 2.05) is 6.07 Å². The first-order valence-corrected chi connectivity index (χ1v) is 8.16. The number of nitrogens with zero attached hydrogens (tertiary/aromatic N) is 2. The van der Waals surface area contributed by atoms with Gasteiger partial charge in [-0.15, -0.1) is 11.3 Å². The van der Waals surface area contributed by atoms with Crippen LogP contribution in [0, 0.1) is 0 Å². The van der Waals surface area contributed by atoms with Gasteiger partial charge in [-0.2, -0.15) is 0 Å². The number of hydrogen-bond acceptors (Lipinski definition) is 5. The molecule has 112 valence electrons. The molecule has 2 aromatic heterocycles. The minimum absolute atomic E-state index is 0.0725. The number of carbonyl (C=O) groups excluding carboxylic acids is 1. The van der Waals surface area contributed by atoms with Gasteiger partial charge >= 0.3 is 0 Å². The summed E-state index contributed by atoms with van der Waals surface area (Å²) < 4.78 is 0.955. The molecule has 1 aliphatic heterocycles. The van der Waals surface area contributed by atoms with Crippen molar-refractivity contribution in [3.05, 3.63) is 23.3 Å². The number of fused-ring (bicyclic) bond motifs is 1. The van der Waals surface area contributed by atoms with Crippen LogP contribution in [0.25, 0.3) is 10.1 Å². The smallest absolute Gasteiger partial charge is 0.263 e. The third kappa shape index (κ3) is 2.73. The van der Waals surface area contributed by atoms with Gasteiger partial charge in [0.1, 0.15) is 4.88 Å². The molecule has 3 N–H and O–H groups in total. The summed E-state index contributed by atoms with van der Waals surface area (Å²) in [6.45, 7) is 5.03. The standard InChI is InChI=1S/C15H20N4OS/c1-2-19-7-3-4-10(19)8-18-15(20)14-13(16)11-5-6-17-9-12(11)21-14/h5-6,9-10H,2-4,7-8,16H2,1H3,(H,18,20). The number of hydrogen-bond donors (Lipinski definition) is 2. The molecular weight excluding hydrogens is 284 g/mol. The lowest BCUT2D eigenvalue weighted by molar-refractivity contribution is 0.0946. The SMILES string of the molecule is CCN1CCCC1CNC(=O)c1sc2cnccc2c1N. The summed E-state index contributed by atoms with van der Waals surface area (Å²) in [4.78, 5) is 19.5. The molecule has 0 saturated carbocycles. The first kappa shape index (κ1) is 14.3. The van der Waals surface area contributed by atoms with Gasteiger partial charge in [0.15, 0.2) is 0 Å². The topological polar surface area (TPSA) is 71.2 Å². The molecule has 0 aromatic carbocycles. The van der Waals surface area contributed by atoms with Crippen molar-refractivity contribution in [2.75, 3.05) is 25.4 Å². The Morgan fingerprint density at radius 1 is 1.62 bits per heavy atom. The zero-order chi connectivity index (χ0) is 14.8. The maximum absolute atomic E-state index is 12.4. The van der Waals surface area contributed by atoms with E-state index in [2.05, 4.69) is 22.1 Å². The van der Waals surface area contributed by atoms with E-state index in [1.165, 1.54) is 17.8 Å². The molecule has 2 aromatic rings. The Bertz CT molecular complexity index is 654. The van der Waals surface area contributed by atoms with Crippen LogP contribution in [-0.2, 0) is 0 Å². The number of nitrogens with one attached hydrogen (secondary N) is 1. The lowest BCUT2D eigenvalue weighted by atomic mass is 10.2. The van der Waals surface area contributed by atoms with E-state index in [1.54, 1.807) is 12.4 Å². The highest BCUT2D eigenvalue weighted by Crippen LogP contribution is 2.32. The lowest BCUT2D eigenvalue weighted by Crippen LogP contribution is -2.39. The van der Waals surface area contributed by atoms with Crippen molar-refractivity contribution < 1.29 is 4.79 Å². The number of aromatic nitrogens is 1. The number of nitrogen functional groups attached to an aromatic ring is 1. The second-order valence-corrected chi connectivity index (χ2v) is 6.40. The Kier molecular flexibility index (Phi) is 4.07. The molecule has 1 aliphatic rings. The Balaban J connectivity index is 1.71. The fraction of sp³-hybridized carbons (Fsp3) is 0.467. The monoisotopic (exact) mass is 304 g/mol. The minimum atomic E-state index is -0.0725. The van der Waals surface area contributed by atoms with Crippen molar-refractivity contribution in [2.24, 2.45) is 0 Å². The van der Waals surface area contributed by atoms with Gasteiger partial charge in [0.25, 0.3) is 5.91 Å². The van der Waals surface area contributed by atoms with E-state index in [9.17, 15) is 4.79 Å². The van der Waals surface area contributed by atoms with E-state index < -0.39 is 0 Å². The second-order valence-electron chi connectivity index (χ2n) is 5.35. The van der Waals surface area contributed by atoms with E-state index in [0.29, 0.717) is 23.2 Å². The molecule has 1 amide bonds. The fourth-order valence-corrected chi connectivity index (χ4v) is 3.98. The van der Waals surface area contributed by atoms with Crippen molar-refractivity contribution in [3.63, 3.8) is 0 Å². The van der Waals surface area contributed by atoms with Crippen LogP contribution >= 0.6 is 11.3 Å². The molecule has 3 heterocycles. The molecule has 0 radical (unpaired) electrons. The molecule has 1 fully saturated rings. The highest BCUT2D eigenvalue weighted by atomic mass is 32.1. The van der Waals surface area contributed by atoms with Crippen molar-refractivity contribution in [1.82, 2.24) is 15.2 Å². The maximum Gasteiger partial charge on any atom is 0.263 e. The minimum Gasteiger partial charge on any atom is -0.397 e. The molecule has 0 bridgehead atoms. The van der Waals surface area contributed by atoms with E-state index in [4.69, 9.17) is 5.73 Å². The molecule has 6 heteroatoms. The third-order valence-electron chi connectivity index (χ3n) is 4.14. The summed E-state index contributed by atoms with van der Waals surface area (Å²) in [7, 11) is 0. The van der Waals surface area contributed by atoms with Gasteiger partial charge in [-0.3, -0.25) is 14.7 Å². The average molecular weight is 304 g/mol. The molecule has 1 unspecified atom stereocenters. The van der Waals surface area contributed by atoms with Crippen LogP contribution < -0.4 is 11.1 Å². The number of likely N-dealkylation sites (N-methyl/N-ethyl adjacent to an activating group) is 1. The summed E-state index contributed by atoms with van der Waals surface area (Å²) in [5.74, 6) is -0.0725. The van der Waals surface area contributed by atoms with Crippen LogP contribution in [0.15, 0.2) is 18.5 Å². The predicted octanol–water partition coefficient (Wildman–Crippen LogP) is 2.09. The molecule has 21 heavy (non-hydrogen) atoms. The average Bonchev–Trinajstić information content (AvgIpc) is 3.09. The van der Waals surface area contributed by atoms with Crippen LogP contribution in [0.5, 0.6) is 0 Å². The number of thiophene rings is 1. The van der Waals surface area contributed by atoms with Gasteiger partial charge in [0, 0.05) is 30.4 Å². The summed E-state index contributed by atoms with van der Waals surface area (Å²) in [5.41, 5.74) is 6.65. The zero-order valence-corrected chi connectivity index (χ0v) is 12.9. The molecule has 1 atom stereocenters. The summed E-state index contributed by atoms with van der Waals surface area (Å²) in [6.07, 6.45) is 5.82. The summed E-state index contributed by atoms with van der Waals surface area (Å²) >= 11 is 1.41. The van der Waals surface area contributed by atoms with Gasteiger partial charge in [-0.1, -0.05) is 6.92 Å². The molecule has 3 rings (SSSR count). The van der Waals surface area contributed by atoms with Gasteiger partial charge in [-0.05, 0) is 32.0 Å². The molecule has 1 saturated heterocycles. The third-order valence-corrected chi connectivity index (χ3v) is 5.30. The summed E-state index contributed by atoms with van der Waals surface area (Å²) in [6, 6.07) is 2.31. The zero-order valence-electron chi connectivity index (χ0n) is 12.1. The van der Waals surface area contributed by atoms with Crippen molar-refractivity contribution in [3.8, 4) is 0 Å². The number of amides is 1. The van der Waals surface area contributed by atoms with Crippen molar-refractivity contribution in [1.29, 1.82) is 0 Å². The van der Waals surface area contributed by atoms with E-state index >= 15 is 0 Å². The van der Waals surface area contributed by atoms with Crippen LogP contribution in [0.1, 0.15) is 29.4 Å². The predicted molar refractivity (Wildman–Crippen MR) is 86.6 cm³/mol. The number of likely N-dealkylation sites (tertiary alicyclic amines) is 1. The Morgan fingerprint density at radius 2 is 2.48 bits per heavy atom. The van der Waals surface area contributed by atoms with Gasteiger partial charge in [0.2, 0.25) is 0 Å². The number of anilines is 1. The second kappa shape index (κ2) is 5.99. The molecular formula is C15H20N4OS. The lowest BCUT2D eigenvalue weighted by Gasteiger charge is -2.22. The maximum atomic E-state index is 12.4. The van der Waals surface area contributed by atoms with Crippen molar-refractivity contribution in [2.45, 2.75) is 25.8 Å².